The third-order valence-electron chi connectivity index (χ3n) is 3.53. The number of alkyl halides is 1. The number of carbonyl (C=O) groups excluding carboxylic acids is 1. The molecule has 1 atom stereocenters. The topological polar surface area (TPSA) is 17.1 Å². The second-order valence-corrected chi connectivity index (χ2v) is 5.45. The first-order valence-corrected chi connectivity index (χ1v) is 5.80. The van der Waals surface area contributed by atoms with Gasteiger partial charge in [-0.1, -0.05) is 28.8 Å². The summed E-state index contributed by atoms with van der Waals surface area (Å²) in [7, 11) is 0. The molecule has 0 aliphatic heterocycles. The number of Topliss-reactive ketones (excluding diaryl/α,β-unsaturated/α-hetero) is 1. The maximum atomic E-state index is 11.3. The van der Waals surface area contributed by atoms with Crippen molar-refractivity contribution in [3.8, 4) is 0 Å². The largest absolute Gasteiger partial charge is 0.298 e. The summed E-state index contributed by atoms with van der Waals surface area (Å²) in [4.78, 5) is 11.5. The van der Waals surface area contributed by atoms with Gasteiger partial charge in [-0.2, -0.15) is 0 Å². The lowest BCUT2D eigenvalue weighted by Gasteiger charge is -2.35. The first-order chi connectivity index (χ1) is 5.72. The Kier molecular flexibility index (Phi) is 2.28. The Morgan fingerprint density at radius 3 is 2.50 bits per heavy atom. The van der Waals surface area contributed by atoms with Crippen LogP contribution in [0.5, 0.6) is 0 Å². The summed E-state index contributed by atoms with van der Waals surface area (Å²) in [5, 5.41) is 0. The summed E-state index contributed by atoms with van der Waals surface area (Å²) in [6.07, 6.45) is 8.57. The Morgan fingerprint density at radius 2 is 1.92 bits per heavy atom. The van der Waals surface area contributed by atoms with Gasteiger partial charge in [-0.25, -0.2) is 0 Å². The van der Waals surface area contributed by atoms with Crippen molar-refractivity contribution >= 4 is 21.7 Å². The molecule has 0 radical (unpaired) electrons. The minimum atomic E-state index is 0.171. The van der Waals surface area contributed by atoms with Crippen LogP contribution in [0.1, 0.15) is 44.9 Å². The first-order valence-electron chi connectivity index (χ1n) is 4.89. The molecular formula is C10H15BrO. The van der Waals surface area contributed by atoms with E-state index in [0.29, 0.717) is 11.2 Å². The van der Waals surface area contributed by atoms with Gasteiger partial charge in [-0.05, 0) is 31.1 Å². The van der Waals surface area contributed by atoms with Crippen LogP contribution < -0.4 is 0 Å². The van der Waals surface area contributed by atoms with Crippen LogP contribution in [0.25, 0.3) is 0 Å². The van der Waals surface area contributed by atoms with Crippen LogP contribution >= 0.6 is 15.9 Å². The van der Waals surface area contributed by atoms with E-state index in [1.54, 1.807) is 0 Å². The van der Waals surface area contributed by atoms with Crippen LogP contribution in [-0.2, 0) is 4.79 Å². The lowest BCUT2D eigenvalue weighted by Crippen LogP contribution is -2.32. The standard InChI is InChI=1S/C10H15BrO/c11-8-7-10(4-1-2-5-10)6-3-9(8)12/h8H,1-7H2. The van der Waals surface area contributed by atoms with Gasteiger partial charge in [0.1, 0.15) is 5.78 Å². The summed E-state index contributed by atoms with van der Waals surface area (Å²) in [6, 6.07) is 0. The number of hydrogen-bond acceptors (Lipinski definition) is 1. The average Bonchev–Trinajstić information content (AvgIpc) is 2.47. The van der Waals surface area contributed by atoms with Gasteiger partial charge in [-0.3, -0.25) is 4.79 Å². The molecule has 1 unspecified atom stereocenters. The van der Waals surface area contributed by atoms with E-state index in [-0.39, 0.29) is 4.83 Å². The van der Waals surface area contributed by atoms with E-state index in [2.05, 4.69) is 15.9 Å². The summed E-state index contributed by atoms with van der Waals surface area (Å²) in [5.74, 6) is 0.424. The maximum absolute atomic E-state index is 11.3. The average molecular weight is 231 g/mol. The van der Waals surface area contributed by atoms with E-state index >= 15 is 0 Å². The molecule has 2 rings (SSSR count). The molecule has 0 amide bonds. The molecular weight excluding hydrogens is 216 g/mol. The lowest BCUT2D eigenvalue weighted by molar-refractivity contribution is -0.121. The van der Waals surface area contributed by atoms with E-state index in [1.807, 2.05) is 0 Å². The molecule has 12 heavy (non-hydrogen) atoms. The van der Waals surface area contributed by atoms with Crippen LogP contribution in [-0.4, -0.2) is 10.6 Å². The van der Waals surface area contributed by atoms with Gasteiger partial charge < -0.3 is 0 Å². The Labute approximate surface area is 82.0 Å². The van der Waals surface area contributed by atoms with E-state index in [0.717, 1.165) is 19.3 Å². The zero-order valence-electron chi connectivity index (χ0n) is 7.31. The van der Waals surface area contributed by atoms with E-state index < -0.39 is 0 Å². The quantitative estimate of drug-likeness (QED) is 0.585. The molecule has 2 fully saturated rings. The van der Waals surface area contributed by atoms with Crippen molar-refractivity contribution in [2.75, 3.05) is 0 Å². The predicted molar refractivity (Wildman–Crippen MR) is 52.5 cm³/mol. The third kappa shape index (κ3) is 1.46. The Morgan fingerprint density at radius 1 is 1.25 bits per heavy atom. The fourth-order valence-corrected chi connectivity index (χ4v) is 3.64. The van der Waals surface area contributed by atoms with Crippen molar-refractivity contribution in [3.05, 3.63) is 0 Å². The minimum absolute atomic E-state index is 0.171. The summed E-state index contributed by atoms with van der Waals surface area (Å²) >= 11 is 3.49. The molecule has 2 saturated carbocycles. The highest BCUT2D eigenvalue weighted by Gasteiger charge is 2.40. The smallest absolute Gasteiger partial charge is 0.146 e. The van der Waals surface area contributed by atoms with Gasteiger partial charge in [0.15, 0.2) is 0 Å². The molecule has 2 heteroatoms. The predicted octanol–water partition coefficient (Wildman–Crippen LogP) is 3.06. The summed E-state index contributed by atoms with van der Waals surface area (Å²) in [5.41, 5.74) is 0.558. The van der Waals surface area contributed by atoms with Gasteiger partial charge in [0, 0.05) is 6.42 Å². The molecule has 2 aliphatic rings. The molecule has 0 aromatic heterocycles. The monoisotopic (exact) mass is 230 g/mol. The van der Waals surface area contributed by atoms with Crippen LogP contribution in [0.2, 0.25) is 0 Å². The molecule has 0 aromatic carbocycles. The highest BCUT2D eigenvalue weighted by molar-refractivity contribution is 9.10. The van der Waals surface area contributed by atoms with Crippen LogP contribution in [0.3, 0.4) is 0 Å². The van der Waals surface area contributed by atoms with Crippen molar-refractivity contribution in [2.45, 2.75) is 49.8 Å². The first kappa shape index (κ1) is 8.74. The molecule has 2 aliphatic carbocycles. The van der Waals surface area contributed by atoms with E-state index in [4.69, 9.17) is 0 Å². The maximum Gasteiger partial charge on any atom is 0.146 e. The van der Waals surface area contributed by atoms with Crippen molar-refractivity contribution in [3.63, 3.8) is 0 Å². The molecule has 68 valence electrons. The molecule has 0 aromatic rings. The van der Waals surface area contributed by atoms with Crippen molar-refractivity contribution in [2.24, 2.45) is 5.41 Å². The second-order valence-electron chi connectivity index (χ2n) is 4.35. The van der Waals surface area contributed by atoms with Crippen LogP contribution in [0.15, 0.2) is 0 Å². The number of hydrogen-bond donors (Lipinski definition) is 0. The minimum Gasteiger partial charge on any atom is -0.298 e. The number of ketones is 1. The number of halogens is 1. The molecule has 0 N–H and O–H groups in total. The fraction of sp³-hybridized carbons (Fsp3) is 0.900. The van der Waals surface area contributed by atoms with Gasteiger partial charge in [0.25, 0.3) is 0 Å². The molecule has 1 spiro atoms. The Hall–Kier alpha value is 0.150. The molecule has 0 bridgehead atoms. The van der Waals surface area contributed by atoms with Crippen molar-refractivity contribution < 1.29 is 4.79 Å². The van der Waals surface area contributed by atoms with Crippen molar-refractivity contribution in [1.29, 1.82) is 0 Å². The fourth-order valence-electron chi connectivity index (χ4n) is 2.72. The highest BCUT2D eigenvalue weighted by Crippen LogP contribution is 2.49. The van der Waals surface area contributed by atoms with Crippen LogP contribution in [0.4, 0.5) is 0 Å². The van der Waals surface area contributed by atoms with E-state index in [1.165, 1.54) is 25.7 Å². The zero-order chi connectivity index (χ0) is 8.60. The van der Waals surface area contributed by atoms with Crippen LogP contribution in [0, 0.1) is 5.41 Å². The van der Waals surface area contributed by atoms with Gasteiger partial charge in [0.05, 0.1) is 4.83 Å². The second kappa shape index (κ2) is 3.13. The highest BCUT2D eigenvalue weighted by atomic mass is 79.9. The summed E-state index contributed by atoms with van der Waals surface area (Å²) in [6.45, 7) is 0. The zero-order valence-corrected chi connectivity index (χ0v) is 8.90. The normalized spacial score (nSPS) is 34.4. The molecule has 0 saturated heterocycles. The Bertz CT molecular complexity index is 194. The summed E-state index contributed by atoms with van der Waals surface area (Å²) < 4.78 is 0. The number of carbonyl (C=O) groups is 1. The molecule has 1 nitrogen and oxygen atoms in total. The van der Waals surface area contributed by atoms with Crippen molar-refractivity contribution in [1.82, 2.24) is 0 Å². The van der Waals surface area contributed by atoms with E-state index in [9.17, 15) is 4.79 Å². The number of rotatable bonds is 0. The Balaban J connectivity index is 2.05. The third-order valence-corrected chi connectivity index (χ3v) is 4.36. The van der Waals surface area contributed by atoms with Gasteiger partial charge >= 0.3 is 0 Å². The van der Waals surface area contributed by atoms with Gasteiger partial charge in [0.2, 0.25) is 0 Å². The molecule has 0 heterocycles. The SMILES string of the molecule is O=C1CCC2(CCCC2)CC1Br. The van der Waals surface area contributed by atoms with Gasteiger partial charge in [-0.15, -0.1) is 0 Å². The lowest BCUT2D eigenvalue weighted by atomic mass is 9.72.